The highest BCUT2D eigenvalue weighted by atomic mass is 32.1. The molecule has 0 unspecified atom stereocenters. The van der Waals surface area contributed by atoms with Crippen LogP contribution < -0.4 is 10.1 Å². The number of nitro benzene ring substituents is 1. The zero-order chi connectivity index (χ0) is 25.8. The van der Waals surface area contributed by atoms with E-state index in [4.69, 9.17) is 9.15 Å². The Morgan fingerprint density at radius 1 is 1.16 bits per heavy atom. The number of rotatable bonds is 8. The zero-order valence-electron chi connectivity index (χ0n) is 20.2. The van der Waals surface area contributed by atoms with Crippen LogP contribution in [0.15, 0.2) is 70.1 Å². The fourth-order valence-corrected chi connectivity index (χ4v) is 5.66. The number of aliphatic imine (C=N–C) groups is 1. The first-order chi connectivity index (χ1) is 18.0. The van der Waals surface area contributed by atoms with Crippen molar-refractivity contribution in [1.29, 1.82) is 0 Å². The Morgan fingerprint density at radius 2 is 1.97 bits per heavy atom. The number of hydrogen-bond donors (Lipinski definition) is 1. The second-order valence-electron chi connectivity index (χ2n) is 8.66. The minimum absolute atomic E-state index is 0.111. The molecule has 2 heterocycles. The van der Waals surface area contributed by atoms with Gasteiger partial charge in [0, 0.05) is 11.4 Å². The Hall–Kier alpha value is -4.24. The van der Waals surface area contributed by atoms with Crippen LogP contribution in [0.1, 0.15) is 45.0 Å². The highest BCUT2D eigenvalue weighted by Crippen LogP contribution is 2.40. The Bertz CT molecular complexity index is 1470. The van der Waals surface area contributed by atoms with Crippen molar-refractivity contribution in [2.75, 3.05) is 7.11 Å². The molecule has 2 aromatic heterocycles. The molecule has 4 aromatic rings. The molecule has 0 saturated carbocycles. The molecule has 0 radical (unpaired) electrons. The number of benzene rings is 2. The van der Waals surface area contributed by atoms with Crippen molar-refractivity contribution in [3.63, 3.8) is 0 Å². The number of hydrogen-bond acceptors (Lipinski definition) is 7. The summed E-state index contributed by atoms with van der Waals surface area (Å²) >= 11 is 1.54. The molecule has 8 nitrogen and oxygen atoms in total. The lowest BCUT2D eigenvalue weighted by Gasteiger charge is -2.12. The predicted octanol–water partition coefficient (Wildman–Crippen LogP) is 6.48. The van der Waals surface area contributed by atoms with Crippen LogP contribution in [0.3, 0.4) is 0 Å². The third-order valence-corrected chi connectivity index (χ3v) is 7.48. The highest BCUT2D eigenvalue weighted by Gasteiger charge is 2.25. The van der Waals surface area contributed by atoms with Crippen LogP contribution in [0.5, 0.6) is 5.75 Å². The lowest BCUT2D eigenvalue weighted by Crippen LogP contribution is -2.24. The largest absolute Gasteiger partial charge is 0.497 e. The smallest absolute Gasteiger partial charge is 0.284 e. The minimum Gasteiger partial charge on any atom is -0.497 e. The van der Waals surface area contributed by atoms with Gasteiger partial charge in [0.25, 0.3) is 11.6 Å². The van der Waals surface area contributed by atoms with Crippen molar-refractivity contribution in [3.05, 3.63) is 98.1 Å². The van der Waals surface area contributed by atoms with Crippen molar-refractivity contribution in [2.24, 2.45) is 4.99 Å². The van der Waals surface area contributed by atoms with E-state index in [1.165, 1.54) is 18.1 Å². The van der Waals surface area contributed by atoms with Gasteiger partial charge < -0.3 is 14.5 Å². The SMILES string of the molecule is COc1ccc(-c2ccc(C=Nc3sc4c(c3C(=O)NCc3ccccc3)CCCC4)o2)c([N+](=O)[O-])c1. The number of carbonyl (C=O) groups is 1. The summed E-state index contributed by atoms with van der Waals surface area (Å²) in [4.78, 5) is 30.2. The molecular weight excluding hydrogens is 490 g/mol. The van der Waals surface area contributed by atoms with Gasteiger partial charge in [-0.25, -0.2) is 4.99 Å². The number of carbonyl (C=O) groups excluding carboxylic acids is 1. The molecule has 37 heavy (non-hydrogen) atoms. The molecule has 0 spiro atoms. The molecule has 5 rings (SSSR count). The molecule has 0 aliphatic heterocycles. The second kappa shape index (κ2) is 10.8. The second-order valence-corrected chi connectivity index (χ2v) is 9.74. The minimum atomic E-state index is -0.468. The number of amides is 1. The van der Waals surface area contributed by atoms with Crippen molar-refractivity contribution in [3.8, 4) is 17.1 Å². The van der Waals surface area contributed by atoms with Crippen LogP contribution in [-0.4, -0.2) is 24.2 Å². The van der Waals surface area contributed by atoms with E-state index in [1.54, 1.807) is 41.8 Å². The van der Waals surface area contributed by atoms with Crippen LogP contribution >= 0.6 is 11.3 Å². The van der Waals surface area contributed by atoms with E-state index in [2.05, 4.69) is 10.3 Å². The normalized spacial score (nSPS) is 12.9. The van der Waals surface area contributed by atoms with Crippen molar-refractivity contribution < 1.29 is 18.9 Å². The first kappa shape index (κ1) is 24.5. The lowest BCUT2D eigenvalue weighted by molar-refractivity contribution is -0.384. The van der Waals surface area contributed by atoms with Crippen molar-refractivity contribution >= 4 is 34.1 Å². The molecule has 0 saturated heterocycles. The quantitative estimate of drug-likeness (QED) is 0.164. The Kier molecular flexibility index (Phi) is 7.14. The Morgan fingerprint density at radius 3 is 2.76 bits per heavy atom. The summed E-state index contributed by atoms with van der Waals surface area (Å²) in [7, 11) is 1.46. The maximum atomic E-state index is 13.3. The van der Waals surface area contributed by atoms with Gasteiger partial charge >= 0.3 is 0 Å². The average Bonchev–Trinajstić information content (AvgIpc) is 3.55. The summed E-state index contributed by atoms with van der Waals surface area (Å²) in [5, 5.41) is 15.3. The number of nitrogens with zero attached hydrogens (tertiary/aromatic N) is 2. The number of nitrogens with one attached hydrogen (secondary N) is 1. The number of furan rings is 1. The molecule has 1 aliphatic carbocycles. The molecule has 1 N–H and O–H groups in total. The molecule has 188 valence electrons. The summed E-state index contributed by atoms with van der Waals surface area (Å²) in [6, 6.07) is 17.8. The van der Waals surface area contributed by atoms with E-state index in [-0.39, 0.29) is 11.6 Å². The number of aryl methyl sites for hydroxylation is 1. The number of methoxy groups -OCH3 is 1. The third kappa shape index (κ3) is 5.31. The van der Waals surface area contributed by atoms with E-state index in [0.717, 1.165) is 36.8 Å². The maximum absolute atomic E-state index is 13.3. The molecule has 1 amide bonds. The molecular formula is C28H25N3O5S. The van der Waals surface area contributed by atoms with E-state index < -0.39 is 4.92 Å². The van der Waals surface area contributed by atoms with Gasteiger partial charge in [-0.05, 0) is 61.1 Å². The van der Waals surface area contributed by atoms with Crippen molar-refractivity contribution in [1.82, 2.24) is 5.32 Å². The first-order valence-corrected chi connectivity index (χ1v) is 12.8. The van der Waals surface area contributed by atoms with Crippen LogP contribution in [0, 0.1) is 10.1 Å². The number of nitro groups is 1. The van der Waals surface area contributed by atoms with Gasteiger partial charge in [-0.3, -0.25) is 14.9 Å². The molecule has 0 atom stereocenters. The first-order valence-electron chi connectivity index (χ1n) is 12.0. The van der Waals surface area contributed by atoms with Crippen LogP contribution in [0.2, 0.25) is 0 Å². The predicted molar refractivity (Wildman–Crippen MR) is 143 cm³/mol. The van der Waals surface area contributed by atoms with Gasteiger partial charge in [0.1, 0.15) is 22.3 Å². The summed E-state index contributed by atoms with van der Waals surface area (Å²) in [6.07, 6.45) is 5.52. The summed E-state index contributed by atoms with van der Waals surface area (Å²) < 4.78 is 11.0. The Labute approximate surface area is 217 Å². The van der Waals surface area contributed by atoms with E-state index >= 15 is 0 Å². The fourth-order valence-electron chi connectivity index (χ4n) is 4.43. The molecule has 0 bridgehead atoms. The molecule has 0 fully saturated rings. The van der Waals surface area contributed by atoms with Gasteiger partial charge in [-0.15, -0.1) is 11.3 Å². The third-order valence-electron chi connectivity index (χ3n) is 6.28. The molecule has 9 heteroatoms. The van der Waals surface area contributed by atoms with E-state index in [0.29, 0.717) is 39.9 Å². The van der Waals surface area contributed by atoms with Gasteiger partial charge in [0.15, 0.2) is 0 Å². The molecule has 1 aliphatic rings. The number of thiophene rings is 1. The standard InChI is InChI=1S/C28H25N3O5S/c1-35-19-11-13-21(23(15-19)31(33)34)24-14-12-20(36-24)17-30-28-26(22-9-5-6-10-25(22)37-28)27(32)29-16-18-7-3-2-4-8-18/h2-4,7-8,11-15,17H,5-6,9-10,16H2,1H3,(H,29,32). The van der Waals surface area contributed by atoms with Crippen LogP contribution in [0.25, 0.3) is 11.3 Å². The molecule has 2 aromatic carbocycles. The van der Waals surface area contributed by atoms with Crippen LogP contribution in [0.4, 0.5) is 10.7 Å². The fraction of sp³-hybridized carbons (Fsp3) is 0.214. The lowest BCUT2D eigenvalue weighted by atomic mass is 9.95. The maximum Gasteiger partial charge on any atom is 0.284 e. The van der Waals surface area contributed by atoms with Gasteiger partial charge in [-0.1, -0.05) is 30.3 Å². The van der Waals surface area contributed by atoms with Gasteiger partial charge in [0.05, 0.1) is 35.4 Å². The zero-order valence-corrected chi connectivity index (χ0v) is 21.0. The van der Waals surface area contributed by atoms with Crippen molar-refractivity contribution in [2.45, 2.75) is 32.2 Å². The monoisotopic (exact) mass is 515 g/mol. The number of ether oxygens (including phenoxy) is 1. The van der Waals surface area contributed by atoms with E-state index in [9.17, 15) is 14.9 Å². The highest BCUT2D eigenvalue weighted by molar-refractivity contribution is 7.16. The van der Waals surface area contributed by atoms with E-state index in [1.807, 2.05) is 30.3 Å². The number of fused-ring (bicyclic) bond motifs is 1. The summed E-state index contributed by atoms with van der Waals surface area (Å²) in [5.74, 6) is 1.04. The van der Waals surface area contributed by atoms with Gasteiger partial charge in [-0.2, -0.15) is 0 Å². The summed E-state index contributed by atoms with van der Waals surface area (Å²) in [5.41, 5.74) is 2.98. The topological polar surface area (TPSA) is 107 Å². The Balaban J connectivity index is 1.41. The van der Waals surface area contributed by atoms with Crippen LogP contribution in [-0.2, 0) is 19.4 Å². The summed E-state index contributed by atoms with van der Waals surface area (Å²) in [6.45, 7) is 0.440. The average molecular weight is 516 g/mol. The van der Waals surface area contributed by atoms with Gasteiger partial charge in [0.2, 0.25) is 0 Å².